The van der Waals surface area contributed by atoms with Crippen molar-refractivity contribution in [1.29, 1.82) is 0 Å². The molecule has 0 fully saturated rings. The van der Waals surface area contributed by atoms with E-state index in [-0.39, 0.29) is 19.1 Å². The average Bonchev–Trinajstić information content (AvgIpc) is 3.30. The van der Waals surface area contributed by atoms with Crippen molar-refractivity contribution in [3.05, 3.63) is 53.5 Å². The van der Waals surface area contributed by atoms with Gasteiger partial charge in [-0.15, -0.1) is 0 Å². The fraction of sp³-hybridized carbons (Fsp3) is 0.286. The molecule has 0 aliphatic heterocycles. The third-order valence-electron chi connectivity index (χ3n) is 4.93. The lowest BCUT2D eigenvalue weighted by Crippen LogP contribution is -2.35. The number of carbonyl (C=O) groups is 1. The first-order chi connectivity index (χ1) is 14.1. The molecule has 1 atom stereocenters. The van der Waals surface area contributed by atoms with Crippen molar-refractivity contribution in [2.45, 2.75) is 25.8 Å². The molecular formula is C21H22N4O4. The lowest BCUT2D eigenvalue weighted by molar-refractivity contribution is 0.0897. The van der Waals surface area contributed by atoms with Crippen LogP contribution in [0.1, 0.15) is 35.0 Å². The number of furan rings is 1. The second-order valence-electron chi connectivity index (χ2n) is 6.98. The second kappa shape index (κ2) is 8.02. The Kier molecular flexibility index (Phi) is 5.28. The van der Waals surface area contributed by atoms with Gasteiger partial charge in [-0.25, -0.2) is 0 Å². The summed E-state index contributed by atoms with van der Waals surface area (Å²) in [6, 6.07) is 7.29. The summed E-state index contributed by atoms with van der Waals surface area (Å²) < 4.78 is 5.75. The molecule has 1 aliphatic rings. The number of amides is 1. The van der Waals surface area contributed by atoms with Gasteiger partial charge in [-0.1, -0.05) is 6.07 Å². The minimum atomic E-state index is -0.413. The van der Waals surface area contributed by atoms with Crippen molar-refractivity contribution in [2.75, 3.05) is 18.7 Å². The third-order valence-corrected chi connectivity index (χ3v) is 4.93. The molecule has 0 radical (unpaired) electrons. The van der Waals surface area contributed by atoms with Gasteiger partial charge in [-0.3, -0.25) is 14.8 Å². The van der Waals surface area contributed by atoms with Crippen LogP contribution in [0.4, 0.5) is 11.4 Å². The Morgan fingerprint density at radius 2 is 2.17 bits per heavy atom. The molecule has 0 unspecified atom stereocenters. The number of aromatic nitrogens is 1. The standard InChI is InChI=1S/C21H22N4O4/c1-12(10-26)24-21(28)20-19(16-6-7-22-9-18(16)29-20)25-14-3-4-15-13(8-14)2-5-17(15)23-11-27/h3-4,6-9,12,25-27H,2,5,10-11H2,1H3,(H,24,28)/t12-/m0/s1. The average molecular weight is 394 g/mol. The Bertz CT molecular complexity index is 1090. The maximum absolute atomic E-state index is 12.7. The van der Waals surface area contributed by atoms with E-state index in [1.54, 1.807) is 25.4 Å². The van der Waals surface area contributed by atoms with Gasteiger partial charge in [0.05, 0.1) is 18.5 Å². The van der Waals surface area contributed by atoms with E-state index in [9.17, 15) is 9.90 Å². The van der Waals surface area contributed by atoms with Gasteiger partial charge in [0.25, 0.3) is 5.91 Å². The van der Waals surface area contributed by atoms with Crippen molar-refractivity contribution in [1.82, 2.24) is 10.3 Å². The number of nitrogens with zero attached hydrogens (tertiary/aromatic N) is 2. The van der Waals surface area contributed by atoms with Gasteiger partial charge in [0.1, 0.15) is 6.73 Å². The van der Waals surface area contributed by atoms with Gasteiger partial charge in [-0.05, 0) is 49.1 Å². The smallest absolute Gasteiger partial charge is 0.289 e. The van der Waals surface area contributed by atoms with Crippen molar-refractivity contribution in [3.8, 4) is 0 Å². The molecule has 150 valence electrons. The highest BCUT2D eigenvalue weighted by Crippen LogP contribution is 2.34. The van der Waals surface area contributed by atoms with Crippen molar-refractivity contribution in [2.24, 2.45) is 4.99 Å². The Balaban J connectivity index is 1.70. The molecule has 1 amide bonds. The lowest BCUT2D eigenvalue weighted by atomic mass is 10.1. The number of anilines is 2. The molecular weight excluding hydrogens is 372 g/mol. The Morgan fingerprint density at radius 3 is 2.97 bits per heavy atom. The molecule has 3 aromatic rings. The van der Waals surface area contributed by atoms with Crippen LogP contribution in [0.5, 0.6) is 0 Å². The fourth-order valence-electron chi connectivity index (χ4n) is 3.51. The van der Waals surface area contributed by atoms with E-state index in [0.29, 0.717) is 11.3 Å². The summed E-state index contributed by atoms with van der Waals surface area (Å²) in [5, 5.41) is 25.1. The van der Waals surface area contributed by atoms with E-state index in [2.05, 4.69) is 20.6 Å². The summed E-state index contributed by atoms with van der Waals surface area (Å²) >= 11 is 0. The van der Waals surface area contributed by atoms with Gasteiger partial charge in [0, 0.05) is 29.0 Å². The van der Waals surface area contributed by atoms with Crippen LogP contribution in [0.15, 0.2) is 46.1 Å². The molecule has 0 saturated heterocycles. The Morgan fingerprint density at radius 1 is 1.31 bits per heavy atom. The number of hydrogen-bond acceptors (Lipinski definition) is 7. The zero-order valence-electron chi connectivity index (χ0n) is 16.0. The number of aliphatic hydroxyl groups is 2. The van der Waals surface area contributed by atoms with Crippen LogP contribution >= 0.6 is 0 Å². The largest absolute Gasteiger partial charge is 0.447 e. The van der Waals surface area contributed by atoms with Crippen molar-refractivity contribution >= 4 is 34.0 Å². The van der Waals surface area contributed by atoms with Crippen LogP contribution in [0.2, 0.25) is 0 Å². The predicted molar refractivity (Wildman–Crippen MR) is 110 cm³/mol. The number of pyridine rings is 1. The van der Waals surface area contributed by atoms with Crippen LogP contribution in [-0.4, -0.2) is 46.2 Å². The summed E-state index contributed by atoms with van der Waals surface area (Å²) in [6.07, 6.45) is 4.85. The van der Waals surface area contributed by atoms with Crippen LogP contribution in [0.25, 0.3) is 11.0 Å². The topological polar surface area (TPSA) is 120 Å². The number of aliphatic hydroxyl groups excluding tert-OH is 2. The zero-order valence-corrected chi connectivity index (χ0v) is 16.0. The van der Waals surface area contributed by atoms with Gasteiger partial charge in [-0.2, -0.15) is 0 Å². The monoisotopic (exact) mass is 394 g/mol. The number of carbonyl (C=O) groups excluding carboxylic acids is 1. The number of aliphatic imine (C=N–C) groups is 1. The molecule has 4 N–H and O–H groups in total. The van der Waals surface area contributed by atoms with Gasteiger partial charge < -0.3 is 25.3 Å². The first-order valence-corrected chi connectivity index (χ1v) is 9.43. The Labute approximate surface area is 167 Å². The maximum Gasteiger partial charge on any atom is 0.289 e. The summed E-state index contributed by atoms with van der Waals surface area (Å²) in [4.78, 5) is 20.9. The van der Waals surface area contributed by atoms with E-state index in [1.807, 2.05) is 18.2 Å². The van der Waals surface area contributed by atoms with Gasteiger partial charge >= 0.3 is 0 Å². The van der Waals surface area contributed by atoms with Gasteiger partial charge in [0.2, 0.25) is 5.76 Å². The summed E-state index contributed by atoms with van der Waals surface area (Å²) in [6.45, 7) is 1.33. The molecule has 8 nitrogen and oxygen atoms in total. The van der Waals surface area contributed by atoms with Crippen LogP contribution in [0, 0.1) is 0 Å². The number of benzene rings is 1. The van der Waals surface area contributed by atoms with Crippen molar-refractivity contribution < 1.29 is 19.4 Å². The maximum atomic E-state index is 12.7. The van der Waals surface area contributed by atoms with E-state index >= 15 is 0 Å². The molecule has 8 heteroatoms. The van der Waals surface area contributed by atoms with E-state index < -0.39 is 11.9 Å². The molecule has 2 heterocycles. The number of hydrogen-bond donors (Lipinski definition) is 4. The number of aryl methyl sites for hydroxylation is 1. The molecule has 0 saturated carbocycles. The first-order valence-electron chi connectivity index (χ1n) is 9.43. The molecule has 4 rings (SSSR count). The number of nitrogens with one attached hydrogen (secondary N) is 2. The zero-order chi connectivity index (χ0) is 20.4. The van der Waals surface area contributed by atoms with E-state index in [0.717, 1.165) is 40.8 Å². The summed E-state index contributed by atoms with van der Waals surface area (Å²) in [7, 11) is 0. The number of rotatable bonds is 6. The third kappa shape index (κ3) is 3.72. The predicted octanol–water partition coefficient (Wildman–Crippen LogP) is 2.37. The minimum absolute atomic E-state index is 0.135. The molecule has 0 bridgehead atoms. The fourth-order valence-corrected chi connectivity index (χ4v) is 3.51. The van der Waals surface area contributed by atoms with Gasteiger partial charge in [0.15, 0.2) is 5.58 Å². The highest BCUT2D eigenvalue weighted by Gasteiger charge is 2.23. The molecule has 0 spiro atoms. The van der Waals surface area contributed by atoms with E-state index in [1.165, 1.54) is 0 Å². The summed E-state index contributed by atoms with van der Waals surface area (Å²) in [5.74, 6) is -0.278. The van der Waals surface area contributed by atoms with Crippen LogP contribution < -0.4 is 10.6 Å². The van der Waals surface area contributed by atoms with Crippen LogP contribution in [0.3, 0.4) is 0 Å². The molecule has 29 heavy (non-hydrogen) atoms. The number of fused-ring (bicyclic) bond motifs is 2. The van der Waals surface area contributed by atoms with Crippen LogP contribution in [-0.2, 0) is 6.42 Å². The SMILES string of the molecule is C[C@@H](CO)NC(=O)c1oc2cnccc2c1Nc1ccc2c(c1)CCC2=NCO. The lowest BCUT2D eigenvalue weighted by Gasteiger charge is -2.12. The molecule has 1 aromatic carbocycles. The molecule has 2 aromatic heterocycles. The van der Waals surface area contributed by atoms with E-state index in [4.69, 9.17) is 9.52 Å². The normalized spacial score (nSPS) is 15.5. The first kappa shape index (κ1) is 19.1. The highest BCUT2D eigenvalue weighted by molar-refractivity contribution is 6.08. The quantitative estimate of drug-likeness (QED) is 0.509. The Hall–Kier alpha value is -3.23. The van der Waals surface area contributed by atoms with Crippen molar-refractivity contribution in [3.63, 3.8) is 0 Å². The minimum Gasteiger partial charge on any atom is -0.447 e. The highest BCUT2D eigenvalue weighted by atomic mass is 16.3. The molecule has 1 aliphatic carbocycles. The summed E-state index contributed by atoms with van der Waals surface area (Å²) in [5.41, 5.74) is 4.95. The second-order valence-corrected chi connectivity index (χ2v) is 6.98.